The van der Waals surface area contributed by atoms with Crippen LogP contribution in [0.15, 0.2) is 42.5 Å². The molecule has 24 heavy (non-hydrogen) atoms. The van der Waals surface area contributed by atoms with Crippen LogP contribution in [-0.4, -0.2) is 26.1 Å². The second kappa shape index (κ2) is 9.25. The van der Waals surface area contributed by atoms with Gasteiger partial charge in [0.25, 0.3) is 0 Å². The van der Waals surface area contributed by atoms with E-state index in [1.54, 1.807) is 7.11 Å². The number of hydrogen-bond donors (Lipinski definition) is 2. The molecule has 2 aromatic rings. The summed E-state index contributed by atoms with van der Waals surface area (Å²) >= 11 is 5.68. The highest BCUT2D eigenvalue weighted by Crippen LogP contribution is 2.19. The summed E-state index contributed by atoms with van der Waals surface area (Å²) in [5.74, 6) is 0.209. The van der Waals surface area contributed by atoms with Crippen molar-refractivity contribution in [3.05, 3.63) is 58.9 Å². The molecule has 2 N–H and O–H groups in total. The van der Waals surface area contributed by atoms with Crippen molar-refractivity contribution in [2.24, 2.45) is 0 Å². The molecular weight excluding hydrogens is 331 g/mol. The maximum Gasteiger partial charge on any atom is 0.225 e. The second-order valence-electron chi connectivity index (χ2n) is 5.24. The first-order chi connectivity index (χ1) is 11.6. The van der Waals surface area contributed by atoms with Gasteiger partial charge in [-0.05, 0) is 42.8 Å². The van der Waals surface area contributed by atoms with Crippen molar-refractivity contribution in [1.82, 2.24) is 5.32 Å². The normalized spacial score (nSPS) is 10.5. The maximum absolute atomic E-state index is 13.1. The van der Waals surface area contributed by atoms with E-state index >= 15 is 0 Å². The Bertz CT molecular complexity index is 694. The van der Waals surface area contributed by atoms with Crippen molar-refractivity contribution in [2.75, 3.05) is 25.5 Å². The Labute approximate surface area is 146 Å². The Morgan fingerprint density at radius 3 is 2.75 bits per heavy atom. The fourth-order valence-corrected chi connectivity index (χ4v) is 2.44. The third kappa shape index (κ3) is 5.51. The standard InChI is InChI=1S/C18H20ClFN2O2/c1-24-17-5-3-2-4-13(17)8-10-21-11-9-18(23)22-14-6-7-16(20)15(19)12-14/h2-7,12,21H,8-11H2,1H3,(H,22,23). The summed E-state index contributed by atoms with van der Waals surface area (Å²) in [7, 11) is 1.65. The van der Waals surface area contributed by atoms with Gasteiger partial charge in [-0.3, -0.25) is 4.79 Å². The first-order valence-electron chi connectivity index (χ1n) is 7.67. The average Bonchev–Trinajstić information content (AvgIpc) is 2.58. The van der Waals surface area contributed by atoms with Crippen LogP contribution < -0.4 is 15.4 Å². The number of methoxy groups -OCH3 is 1. The number of rotatable bonds is 8. The molecule has 0 saturated carbocycles. The van der Waals surface area contributed by atoms with Gasteiger partial charge in [0.15, 0.2) is 0 Å². The van der Waals surface area contributed by atoms with Crippen molar-refractivity contribution < 1.29 is 13.9 Å². The van der Waals surface area contributed by atoms with Crippen LogP contribution in [0.5, 0.6) is 5.75 Å². The number of para-hydroxylation sites is 1. The lowest BCUT2D eigenvalue weighted by atomic mass is 10.1. The lowest BCUT2D eigenvalue weighted by molar-refractivity contribution is -0.116. The number of amides is 1. The fourth-order valence-electron chi connectivity index (χ4n) is 2.26. The molecule has 0 aliphatic rings. The summed E-state index contributed by atoms with van der Waals surface area (Å²) in [6.45, 7) is 1.30. The van der Waals surface area contributed by atoms with E-state index in [0.29, 0.717) is 18.7 Å². The third-order valence-corrected chi connectivity index (χ3v) is 3.79. The van der Waals surface area contributed by atoms with Crippen LogP contribution in [0.1, 0.15) is 12.0 Å². The second-order valence-corrected chi connectivity index (χ2v) is 5.65. The summed E-state index contributed by atoms with van der Waals surface area (Å²) < 4.78 is 18.3. The summed E-state index contributed by atoms with van der Waals surface area (Å²) in [5, 5.41) is 5.90. The molecule has 6 heteroatoms. The SMILES string of the molecule is COc1ccccc1CCNCCC(=O)Nc1ccc(F)c(Cl)c1. The van der Waals surface area contributed by atoms with Gasteiger partial charge in [0.05, 0.1) is 12.1 Å². The minimum absolute atomic E-state index is 0.0114. The summed E-state index contributed by atoms with van der Waals surface area (Å²) in [5.41, 5.74) is 1.61. The average molecular weight is 351 g/mol. The van der Waals surface area contributed by atoms with Gasteiger partial charge in [0.2, 0.25) is 5.91 Å². The maximum atomic E-state index is 13.1. The van der Waals surface area contributed by atoms with Crippen LogP contribution in [-0.2, 0) is 11.2 Å². The Hall–Kier alpha value is -2.11. The molecule has 2 aromatic carbocycles. The van der Waals surface area contributed by atoms with E-state index in [1.165, 1.54) is 18.2 Å². The van der Waals surface area contributed by atoms with Crippen LogP contribution in [0.2, 0.25) is 5.02 Å². The number of nitrogens with one attached hydrogen (secondary N) is 2. The molecular formula is C18H20ClFN2O2. The topological polar surface area (TPSA) is 50.4 Å². The fraction of sp³-hybridized carbons (Fsp3) is 0.278. The molecule has 0 spiro atoms. The van der Waals surface area contributed by atoms with E-state index in [4.69, 9.17) is 16.3 Å². The van der Waals surface area contributed by atoms with Gasteiger partial charge >= 0.3 is 0 Å². The molecule has 0 fully saturated rings. The molecule has 0 atom stereocenters. The van der Waals surface area contributed by atoms with Crippen LogP contribution in [0.4, 0.5) is 10.1 Å². The number of carbonyl (C=O) groups is 1. The van der Waals surface area contributed by atoms with Crippen molar-refractivity contribution in [3.63, 3.8) is 0 Å². The highest BCUT2D eigenvalue weighted by atomic mass is 35.5. The van der Waals surface area contributed by atoms with Crippen LogP contribution >= 0.6 is 11.6 Å². The number of carbonyl (C=O) groups excluding carboxylic acids is 1. The molecule has 1 amide bonds. The molecule has 0 heterocycles. The number of halogens is 2. The zero-order valence-corrected chi connectivity index (χ0v) is 14.2. The lowest BCUT2D eigenvalue weighted by Gasteiger charge is -2.09. The van der Waals surface area contributed by atoms with E-state index in [-0.39, 0.29) is 10.9 Å². The lowest BCUT2D eigenvalue weighted by Crippen LogP contribution is -2.23. The van der Waals surface area contributed by atoms with Gasteiger partial charge in [-0.2, -0.15) is 0 Å². The van der Waals surface area contributed by atoms with Crippen molar-refractivity contribution in [1.29, 1.82) is 0 Å². The minimum atomic E-state index is -0.507. The van der Waals surface area contributed by atoms with E-state index in [0.717, 1.165) is 24.3 Å². The van der Waals surface area contributed by atoms with E-state index in [2.05, 4.69) is 10.6 Å². The predicted octanol–water partition coefficient (Wildman–Crippen LogP) is 3.65. The largest absolute Gasteiger partial charge is 0.496 e. The highest BCUT2D eigenvalue weighted by molar-refractivity contribution is 6.31. The zero-order valence-electron chi connectivity index (χ0n) is 13.4. The molecule has 0 aliphatic heterocycles. The van der Waals surface area contributed by atoms with Crippen molar-refractivity contribution in [3.8, 4) is 5.75 Å². The Morgan fingerprint density at radius 1 is 1.21 bits per heavy atom. The first kappa shape index (κ1) is 18.2. The Kier molecular flexibility index (Phi) is 7.03. The van der Waals surface area contributed by atoms with Gasteiger partial charge in [-0.1, -0.05) is 29.8 Å². The Morgan fingerprint density at radius 2 is 2.00 bits per heavy atom. The van der Waals surface area contributed by atoms with E-state index in [9.17, 15) is 9.18 Å². The quantitative estimate of drug-likeness (QED) is 0.714. The summed E-state index contributed by atoms with van der Waals surface area (Å²) in [4.78, 5) is 11.8. The molecule has 0 aliphatic carbocycles. The van der Waals surface area contributed by atoms with Gasteiger partial charge in [0.1, 0.15) is 11.6 Å². The first-order valence-corrected chi connectivity index (χ1v) is 8.05. The molecule has 0 saturated heterocycles. The van der Waals surface area contributed by atoms with Crippen molar-refractivity contribution in [2.45, 2.75) is 12.8 Å². The predicted molar refractivity (Wildman–Crippen MR) is 94.2 cm³/mol. The van der Waals surface area contributed by atoms with Crippen LogP contribution in [0, 0.1) is 5.82 Å². The highest BCUT2D eigenvalue weighted by Gasteiger charge is 2.05. The van der Waals surface area contributed by atoms with Gasteiger partial charge in [-0.25, -0.2) is 4.39 Å². The van der Waals surface area contributed by atoms with E-state index in [1.807, 2.05) is 24.3 Å². The number of ether oxygens (including phenoxy) is 1. The summed E-state index contributed by atoms with van der Waals surface area (Å²) in [6, 6.07) is 11.9. The van der Waals surface area contributed by atoms with Crippen LogP contribution in [0.25, 0.3) is 0 Å². The van der Waals surface area contributed by atoms with E-state index < -0.39 is 5.82 Å². The van der Waals surface area contributed by atoms with Gasteiger partial charge in [-0.15, -0.1) is 0 Å². The molecule has 2 rings (SSSR count). The van der Waals surface area contributed by atoms with Gasteiger partial charge < -0.3 is 15.4 Å². The minimum Gasteiger partial charge on any atom is -0.496 e. The summed E-state index contributed by atoms with van der Waals surface area (Å²) in [6.07, 6.45) is 1.14. The van der Waals surface area contributed by atoms with Gasteiger partial charge in [0, 0.05) is 18.7 Å². The number of benzene rings is 2. The Balaban J connectivity index is 1.68. The molecule has 0 unspecified atom stereocenters. The monoisotopic (exact) mass is 350 g/mol. The molecule has 4 nitrogen and oxygen atoms in total. The number of anilines is 1. The molecule has 0 bridgehead atoms. The van der Waals surface area contributed by atoms with Crippen LogP contribution in [0.3, 0.4) is 0 Å². The molecule has 128 valence electrons. The number of hydrogen-bond acceptors (Lipinski definition) is 3. The zero-order chi connectivity index (χ0) is 17.4. The van der Waals surface area contributed by atoms with Crippen molar-refractivity contribution >= 4 is 23.2 Å². The molecule has 0 aromatic heterocycles. The third-order valence-electron chi connectivity index (χ3n) is 3.50. The smallest absolute Gasteiger partial charge is 0.225 e. The molecule has 0 radical (unpaired) electrons.